The Labute approximate surface area is 184 Å². The minimum absolute atomic E-state index is 0.0733. The van der Waals surface area contributed by atoms with Crippen LogP contribution in [0.1, 0.15) is 46.5 Å². The Morgan fingerprint density at radius 2 is 1.84 bits per heavy atom. The van der Waals surface area contributed by atoms with Crippen LogP contribution in [0.25, 0.3) is 0 Å². The Kier molecular flexibility index (Phi) is 7.56. The Bertz CT molecular complexity index is 876. The maximum atomic E-state index is 12.8. The molecule has 174 valence electrons. The molecule has 0 bridgehead atoms. The fraction of sp³-hybridized carbons (Fsp3) is 0.714. The summed E-state index contributed by atoms with van der Waals surface area (Å²) in [5.41, 5.74) is -0.156. The number of ether oxygens (including phenoxy) is 1. The molecule has 10 heteroatoms. The molecule has 1 aliphatic carbocycles. The highest BCUT2D eigenvalue weighted by Gasteiger charge is 2.30. The largest absolute Gasteiger partial charge is 0.379 e. The minimum atomic E-state index is -3.81. The lowest BCUT2D eigenvalue weighted by molar-refractivity contribution is -0.384. The van der Waals surface area contributed by atoms with E-state index in [9.17, 15) is 18.5 Å². The van der Waals surface area contributed by atoms with E-state index in [1.165, 1.54) is 12.1 Å². The van der Waals surface area contributed by atoms with Gasteiger partial charge in [-0.1, -0.05) is 6.92 Å². The summed E-state index contributed by atoms with van der Waals surface area (Å²) in [6, 6.07) is 3.96. The maximum Gasteiger partial charge on any atom is 0.293 e. The van der Waals surface area contributed by atoms with Crippen molar-refractivity contribution in [2.45, 2.75) is 62.9 Å². The minimum Gasteiger partial charge on any atom is -0.379 e. The first-order valence-electron chi connectivity index (χ1n) is 11.0. The highest BCUT2D eigenvalue weighted by atomic mass is 32.2. The second-order valence-electron chi connectivity index (χ2n) is 9.28. The predicted octanol–water partition coefficient (Wildman–Crippen LogP) is 2.97. The third-order valence-corrected chi connectivity index (χ3v) is 7.91. The Hall–Kier alpha value is -1.75. The van der Waals surface area contributed by atoms with E-state index < -0.39 is 14.9 Å². The molecule has 31 heavy (non-hydrogen) atoms. The highest BCUT2D eigenvalue weighted by molar-refractivity contribution is 7.89. The van der Waals surface area contributed by atoms with E-state index in [1.54, 1.807) is 0 Å². The van der Waals surface area contributed by atoms with E-state index in [1.807, 2.05) is 0 Å². The van der Waals surface area contributed by atoms with Gasteiger partial charge in [0, 0.05) is 37.3 Å². The quantitative estimate of drug-likeness (QED) is 0.458. The maximum absolute atomic E-state index is 12.8. The van der Waals surface area contributed by atoms with Crippen molar-refractivity contribution >= 4 is 21.4 Å². The van der Waals surface area contributed by atoms with Crippen LogP contribution in [-0.4, -0.2) is 62.7 Å². The second-order valence-corrected chi connectivity index (χ2v) is 11.0. The number of morpholine rings is 1. The smallest absolute Gasteiger partial charge is 0.293 e. The van der Waals surface area contributed by atoms with Crippen molar-refractivity contribution < 1.29 is 18.1 Å². The van der Waals surface area contributed by atoms with Gasteiger partial charge < -0.3 is 10.1 Å². The lowest BCUT2D eigenvalue weighted by Crippen LogP contribution is -2.53. The summed E-state index contributed by atoms with van der Waals surface area (Å²) in [5.74, 6) is 0.605. The van der Waals surface area contributed by atoms with Crippen LogP contribution in [0.2, 0.25) is 0 Å². The second kappa shape index (κ2) is 9.81. The van der Waals surface area contributed by atoms with Crippen molar-refractivity contribution in [1.82, 2.24) is 9.62 Å². The number of nitro groups is 1. The molecule has 1 saturated heterocycles. The van der Waals surface area contributed by atoms with E-state index >= 15 is 0 Å². The van der Waals surface area contributed by atoms with Crippen LogP contribution in [0.15, 0.2) is 23.1 Å². The third kappa shape index (κ3) is 6.15. The number of anilines is 1. The van der Waals surface area contributed by atoms with E-state index in [0.717, 1.165) is 44.8 Å². The van der Waals surface area contributed by atoms with Crippen molar-refractivity contribution in [1.29, 1.82) is 0 Å². The summed E-state index contributed by atoms with van der Waals surface area (Å²) < 4.78 is 33.8. The number of nitrogens with one attached hydrogen (secondary N) is 2. The molecule has 0 atom stereocenters. The average Bonchev–Trinajstić information content (AvgIpc) is 2.74. The predicted molar refractivity (Wildman–Crippen MR) is 120 cm³/mol. The fourth-order valence-corrected chi connectivity index (χ4v) is 5.56. The SMILES string of the molecule is CC1CCC(NS(=O)(=O)c2ccc(NCC(C)(C)N3CCOCC3)c([N+](=O)[O-])c2)CC1. The summed E-state index contributed by atoms with van der Waals surface area (Å²) in [5, 5.41) is 14.8. The molecule has 2 aliphatic rings. The number of hydrogen-bond donors (Lipinski definition) is 2. The monoisotopic (exact) mass is 454 g/mol. The van der Waals surface area contributed by atoms with Gasteiger partial charge in [-0.2, -0.15) is 0 Å². The molecule has 0 spiro atoms. The first kappa shape index (κ1) is 23.9. The van der Waals surface area contributed by atoms with Crippen LogP contribution in [0.5, 0.6) is 0 Å². The summed E-state index contributed by atoms with van der Waals surface area (Å²) in [6.45, 7) is 9.75. The average molecular weight is 455 g/mol. The van der Waals surface area contributed by atoms with Gasteiger partial charge in [-0.15, -0.1) is 0 Å². The highest BCUT2D eigenvalue weighted by Crippen LogP contribution is 2.30. The molecule has 0 amide bonds. The summed E-state index contributed by atoms with van der Waals surface area (Å²) in [7, 11) is -3.81. The number of nitrogens with zero attached hydrogens (tertiary/aromatic N) is 2. The van der Waals surface area contributed by atoms with Crippen molar-refractivity contribution in [2.24, 2.45) is 5.92 Å². The van der Waals surface area contributed by atoms with Crippen molar-refractivity contribution in [2.75, 3.05) is 38.2 Å². The first-order chi connectivity index (χ1) is 14.6. The van der Waals surface area contributed by atoms with Crippen LogP contribution in [-0.2, 0) is 14.8 Å². The molecule has 3 rings (SSSR count). The summed E-state index contributed by atoms with van der Waals surface area (Å²) in [6.07, 6.45) is 3.54. The molecule has 1 aromatic carbocycles. The van der Waals surface area contributed by atoms with Gasteiger partial charge in [0.25, 0.3) is 5.69 Å². The zero-order chi connectivity index (χ0) is 22.6. The number of nitro benzene ring substituents is 1. The molecule has 1 heterocycles. The van der Waals surface area contributed by atoms with Crippen LogP contribution in [0, 0.1) is 16.0 Å². The first-order valence-corrected chi connectivity index (χ1v) is 12.4. The van der Waals surface area contributed by atoms with Crippen molar-refractivity contribution in [3.63, 3.8) is 0 Å². The summed E-state index contributed by atoms with van der Waals surface area (Å²) >= 11 is 0. The molecule has 0 unspecified atom stereocenters. The fourth-order valence-electron chi connectivity index (χ4n) is 4.24. The molecule has 2 fully saturated rings. The standard InChI is InChI=1S/C21H34N4O5S/c1-16-4-6-17(7-5-16)23-31(28,29)18-8-9-19(20(14-18)25(26)27)22-15-21(2,3)24-10-12-30-13-11-24/h8-9,14,16-17,22-23H,4-7,10-13,15H2,1-3H3. The molecule has 0 radical (unpaired) electrons. The number of benzene rings is 1. The molecule has 2 N–H and O–H groups in total. The third-order valence-electron chi connectivity index (χ3n) is 6.39. The zero-order valence-corrected chi connectivity index (χ0v) is 19.4. The molecule has 0 aromatic heterocycles. The van der Waals surface area contributed by atoms with E-state index in [2.05, 4.69) is 35.7 Å². The molecular weight excluding hydrogens is 420 g/mol. The molecular formula is C21H34N4O5S. The van der Waals surface area contributed by atoms with Gasteiger partial charge in [0.1, 0.15) is 5.69 Å². The van der Waals surface area contributed by atoms with Gasteiger partial charge >= 0.3 is 0 Å². The van der Waals surface area contributed by atoms with Crippen LogP contribution in [0.4, 0.5) is 11.4 Å². The van der Waals surface area contributed by atoms with E-state index in [4.69, 9.17) is 4.74 Å². The summed E-state index contributed by atoms with van der Waals surface area (Å²) in [4.78, 5) is 13.3. The van der Waals surface area contributed by atoms with Crippen LogP contribution in [0.3, 0.4) is 0 Å². The van der Waals surface area contributed by atoms with Gasteiger partial charge in [-0.3, -0.25) is 15.0 Å². The number of sulfonamides is 1. The number of rotatable bonds is 8. The van der Waals surface area contributed by atoms with E-state index in [-0.39, 0.29) is 22.2 Å². The molecule has 1 aliphatic heterocycles. The van der Waals surface area contributed by atoms with Gasteiger partial charge in [0.15, 0.2) is 0 Å². The van der Waals surface area contributed by atoms with Gasteiger partial charge in [-0.25, -0.2) is 13.1 Å². The van der Waals surface area contributed by atoms with Crippen LogP contribution < -0.4 is 10.0 Å². The van der Waals surface area contributed by atoms with E-state index in [0.29, 0.717) is 31.4 Å². The molecule has 1 aromatic rings. The van der Waals surface area contributed by atoms with Gasteiger partial charge in [0.05, 0.1) is 23.0 Å². The topological polar surface area (TPSA) is 114 Å². The lowest BCUT2D eigenvalue weighted by atomic mass is 9.88. The number of hydrogen-bond acceptors (Lipinski definition) is 7. The van der Waals surface area contributed by atoms with Crippen LogP contribution >= 0.6 is 0 Å². The Morgan fingerprint density at radius 3 is 2.45 bits per heavy atom. The molecule has 1 saturated carbocycles. The Balaban J connectivity index is 1.72. The zero-order valence-electron chi connectivity index (χ0n) is 18.6. The Morgan fingerprint density at radius 1 is 1.19 bits per heavy atom. The normalized spacial score (nSPS) is 23.5. The molecule has 9 nitrogen and oxygen atoms in total. The lowest BCUT2D eigenvalue weighted by Gasteiger charge is -2.41. The van der Waals surface area contributed by atoms with Crippen molar-refractivity contribution in [3.8, 4) is 0 Å². The van der Waals surface area contributed by atoms with Gasteiger partial charge in [0.2, 0.25) is 10.0 Å². The van der Waals surface area contributed by atoms with Gasteiger partial charge in [-0.05, 0) is 57.6 Å². The van der Waals surface area contributed by atoms with Crippen molar-refractivity contribution in [3.05, 3.63) is 28.3 Å².